The molecule has 0 saturated heterocycles. The number of alkyl halides is 1. The number of halogens is 2. The van der Waals surface area contributed by atoms with Crippen molar-refractivity contribution in [1.29, 1.82) is 0 Å². The lowest BCUT2D eigenvalue weighted by Crippen LogP contribution is -2.22. The first kappa shape index (κ1) is 14.6. The third kappa shape index (κ3) is 3.83. The van der Waals surface area contributed by atoms with Gasteiger partial charge < -0.3 is 4.90 Å². The van der Waals surface area contributed by atoms with Crippen LogP contribution in [0.3, 0.4) is 0 Å². The summed E-state index contributed by atoms with van der Waals surface area (Å²) in [6.07, 6.45) is 0. The first-order valence-electron chi connectivity index (χ1n) is 6.38. The maximum atomic E-state index is 3.68. The molecular weight excluding hydrogens is 366 g/mol. The van der Waals surface area contributed by atoms with Gasteiger partial charge in [-0.3, -0.25) is 0 Å². The van der Waals surface area contributed by atoms with Crippen molar-refractivity contribution in [2.75, 3.05) is 11.4 Å². The molecule has 0 heterocycles. The first-order valence-corrected chi connectivity index (χ1v) is 8.29. The fourth-order valence-electron chi connectivity index (χ4n) is 2.06. The number of benzene rings is 2. The predicted molar refractivity (Wildman–Crippen MR) is 89.9 cm³/mol. The predicted octanol–water partition coefficient (Wildman–Crippen LogP) is 5.37. The van der Waals surface area contributed by atoms with Crippen molar-refractivity contribution in [1.82, 2.24) is 0 Å². The van der Waals surface area contributed by atoms with Gasteiger partial charge >= 0.3 is 0 Å². The van der Waals surface area contributed by atoms with Gasteiger partial charge in [0, 0.05) is 22.9 Å². The summed E-state index contributed by atoms with van der Waals surface area (Å²) in [4.78, 5) is 2.37. The number of anilines is 1. The molecule has 19 heavy (non-hydrogen) atoms. The van der Waals surface area contributed by atoms with E-state index in [1.54, 1.807) is 0 Å². The van der Waals surface area contributed by atoms with Crippen molar-refractivity contribution in [2.24, 2.45) is 0 Å². The Morgan fingerprint density at radius 1 is 1.00 bits per heavy atom. The number of hydrogen-bond acceptors (Lipinski definition) is 1. The van der Waals surface area contributed by atoms with Crippen LogP contribution >= 0.6 is 31.9 Å². The van der Waals surface area contributed by atoms with E-state index in [-0.39, 0.29) is 0 Å². The zero-order valence-corrected chi connectivity index (χ0v) is 14.1. The van der Waals surface area contributed by atoms with Crippen molar-refractivity contribution in [3.05, 3.63) is 64.1 Å². The Balaban J connectivity index is 2.22. The molecule has 2 aromatic carbocycles. The van der Waals surface area contributed by atoms with Crippen LogP contribution < -0.4 is 4.90 Å². The molecule has 1 nitrogen and oxygen atoms in total. The van der Waals surface area contributed by atoms with Gasteiger partial charge in [-0.2, -0.15) is 0 Å². The molecule has 0 bridgehead atoms. The monoisotopic (exact) mass is 381 g/mol. The third-order valence-corrected chi connectivity index (χ3v) is 4.39. The summed E-state index contributed by atoms with van der Waals surface area (Å²) in [5.41, 5.74) is 3.86. The molecule has 0 spiro atoms. The number of rotatable bonds is 5. The fraction of sp³-hybridized carbons (Fsp3) is 0.250. The molecule has 2 aromatic rings. The lowest BCUT2D eigenvalue weighted by Gasteiger charge is -2.25. The number of hydrogen-bond donors (Lipinski definition) is 0. The molecule has 0 aliphatic heterocycles. The summed E-state index contributed by atoms with van der Waals surface area (Å²) >= 11 is 7.17. The van der Waals surface area contributed by atoms with Crippen LogP contribution in [0.5, 0.6) is 0 Å². The minimum Gasteiger partial charge on any atom is -0.367 e. The second-order valence-electron chi connectivity index (χ2n) is 4.42. The van der Waals surface area contributed by atoms with Gasteiger partial charge in [-0.25, -0.2) is 0 Å². The molecule has 0 aliphatic carbocycles. The summed E-state index contributed by atoms with van der Waals surface area (Å²) in [5.74, 6) is 0. The van der Waals surface area contributed by atoms with Crippen LogP contribution in [0.15, 0.2) is 53.0 Å². The Hall–Kier alpha value is -0.800. The molecule has 100 valence electrons. The molecule has 0 aromatic heterocycles. The van der Waals surface area contributed by atoms with Crippen LogP contribution in [0.1, 0.15) is 18.1 Å². The van der Waals surface area contributed by atoms with Crippen LogP contribution in [0.2, 0.25) is 0 Å². The highest BCUT2D eigenvalue weighted by atomic mass is 79.9. The van der Waals surface area contributed by atoms with Gasteiger partial charge in [0.15, 0.2) is 0 Å². The van der Waals surface area contributed by atoms with E-state index in [0.29, 0.717) is 0 Å². The van der Waals surface area contributed by atoms with Crippen molar-refractivity contribution < 1.29 is 0 Å². The van der Waals surface area contributed by atoms with E-state index in [1.807, 2.05) is 0 Å². The summed E-state index contributed by atoms with van der Waals surface area (Å²) in [6.45, 7) is 4.11. The van der Waals surface area contributed by atoms with E-state index in [2.05, 4.69) is 92.2 Å². The average Bonchev–Trinajstić information content (AvgIpc) is 2.46. The fourth-order valence-corrected chi connectivity index (χ4v) is 3.09. The highest BCUT2D eigenvalue weighted by Crippen LogP contribution is 2.29. The Labute approximate surface area is 131 Å². The molecule has 3 heteroatoms. The summed E-state index contributed by atoms with van der Waals surface area (Å²) in [5, 5.41) is 0.886. The first-order chi connectivity index (χ1) is 9.24. The highest BCUT2D eigenvalue weighted by molar-refractivity contribution is 9.10. The Morgan fingerprint density at radius 2 is 1.74 bits per heavy atom. The van der Waals surface area contributed by atoms with Crippen LogP contribution in [-0.2, 0) is 11.9 Å². The molecule has 0 N–H and O–H groups in total. The van der Waals surface area contributed by atoms with E-state index in [4.69, 9.17) is 0 Å². The Bertz CT molecular complexity index is 526. The zero-order chi connectivity index (χ0) is 13.7. The lowest BCUT2D eigenvalue weighted by molar-refractivity contribution is 0.829. The quantitative estimate of drug-likeness (QED) is 0.628. The lowest BCUT2D eigenvalue weighted by atomic mass is 10.1. The number of nitrogens with zero attached hydrogens (tertiary/aromatic N) is 1. The van der Waals surface area contributed by atoms with Gasteiger partial charge in [-0.15, -0.1) is 0 Å². The smallest absolute Gasteiger partial charge is 0.0513 e. The van der Waals surface area contributed by atoms with Gasteiger partial charge in [0.2, 0.25) is 0 Å². The SMILES string of the molecule is CCN(Cc1ccccc1)c1ccc(CBr)cc1Br. The highest BCUT2D eigenvalue weighted by Gasteiger charge is 2.09. The van der Waals surface area contributed by atoms with E-state index >= 15 is 0 Å². The van der Waals surface area contributed by atoms with Gasteiger partial charge in [-0.1, -0.05) is 52.3 Å². The van der Waals surface area contributed by atoms with Gasteiger partial charge in [0.25, 0.3) is 0 Å². The minimum atomic E-state index is 0.886. The van der Waals surface area contributed by atoms with E-state index < -0.39 is 0 Å². The average molecular weight is 383 g/mol. The summed E-state index contributed by atoms with van der Waals surface area (Å²) in [7, 11) is 0. The standard InChI is InChI=1S/C16H17Br2N/c1-2-19(12-13-6-4-3-5-7-13)16-9-8-14(11-17)10-15(16)18/h3-10H,2,11-12H2,1H3. The van der Waals surface area contributed by atoms with Gasteiger partial charge in [0.1, 0.15) is 0 Å². The topological polar surface area (TPSA) is 3.24 Å². The van der Waals surface area contributed by atoms with Crippen LogP contribution in [0, 0.1) is 0 Å². The van der Waals surface area contributed by atoms with E-state index in [9.17, 15) is 0 Å². The zero-order valence-electron chi connectivity index (χ0n) is 10.9. The normalized spacial score (nSPS) is 10.5. The molecule has 0 unspecified atom stereocenters. The molecule has 0 amide bonds. The third-order valence-electron chi connectivity index (χ3n) is 3.11. The largest absolute Gasteiger partial charge is 0.367 e. The molecule has 0 atom stereocenters. The molecular formula is C16H17Br2N. The molecule has 0 aliphatic rings. The van der Waals surface area contributed by atoms with Crippen molar-refractivity contribution in [3.63, 3.8) is 0 Å². The second-order valence-corrected chi connectivity index (χ2v) is 5.83. The van der Waals surface area contributed by atoms with Gasteiger partial charge in [0.05, 0.1) is 5.69 Å². The summed E-state index contributed by atoms with van der Waals surface area (Å²) < 4.78 is 1.15. The van der Waals surface area contributed by atoms with Crippen molar-refractivity contribution >= 4 is 37.5 Å². The van der Waals surface area contributed by atoms with E-state index in [0.717, 1.165) is 22.9 Å². The Morgan fingerprint density at radius 3 is 2.32 bits per heavy atom. The minimum absolute atomic E-state index is 0.886. The maximum absolute atomic E-state index is 3.68. The molecule has 2 rings (SSSR count). The van der Waals surface area contributed by atoms with Crippen molar-refractivity contribution in [3.8, 4) is 0 Å². The molecule has 0 saturated carbocycles. The molecule has 0 fully saturated rings. The second kappa shape index (κ2) is 7.11. The van der Waals surface area contributed by atoms with Crippen LogP contribution in [0.4, 0.5) is 5.69 Å². The Kier molecular flexibility index (Phi) is 5.46. The van der Waals surface area contributed by atoms with Crippen LogP contribution in [-0.4, -0.2) is 6.54 Å². The van der Waals surface area contributed by atoms with E-state index in [1.165, 1.54) is 16.8 Å². The van der Waals surface area contributed by atoms with Gasteiger partial charge in [-0.05, 0) is 46.1 Å². The summed E-state index contributed by atoms with van der Waals surface area (Å²) in [6, 6.07) is 17.1. The molecule has 0 radical (unpaired) electrons. The van der Waals surface area contributed by atoms with Crippen LogP contribution in [0.25, 0.3) is 0 Å². The van der Waals surface area contributed by atoms with Crippen molar-refractivity contribution in [2.45, 2.75) is 18.8 Å². The maximum Gasteiger partial charge on any atom is 0.0513 e.